The van der Waals surface area contributed by atoms with Gasteiger partial charge in [-0.3, -0.25) is 0 Å². The van der Waals surface area contributed by atoms with Crippen molar-refractivity contribution in [2.45, 2.75) is 5.51 Å². The van der Waals surface area contributed by atoms with E-state index >= 15 is 0 Å². The summed E-state index contributed by atoms with van der Waals surface area (Å²) in [4.78, 5) is 0. The lowest BCUT2D eigenvalue weighted by molar-refractivity contribution is -0.0329. The Balaban J connectivity index is 2.26. The standard InChI is InChI=1S/C9H8BrF3OS/c10-7-2-1-3-8(6-7)14-4-5-15-9(11,12)13/h1-3,6H,4-5H2. The van der Waals surface area contributed by atoms with Crippen molar-refractivity contribution in [1.29, 1.82) is 0 Å². The van der Waals surface area contributed by atoms with Gasteiger partial charge in [-0.15, -0.1) is 0 Å². The molecule has 0 aliphatic carbocycles. The largest absolute Gasteiger partial charge is 0.493 e. The van der Waals surface area contributed by atoms with Gasteiger partial charge in [-0.05, 0) is 30.0 Å². The maximum atomic E-state index is 11.7. The molecule has 0 saturated heterocycles. The van der Waals surface area contributed by atoms with Crippen LogP contribution in [0.5, 0.6) is 5.75 Å². The molecule has 1 rings (SSSR count). The fraction of sp³-hybridized carbons (Fsp3) is 0.333. The van der Waals surface area contributed by atoms with Crippen molar-refractivity contribution in [3.05, 3.63) is 28.7 Å². The second kappa shape index (κ2) is 5.65. The van der Waals surface area contributed by atoms with Crippen molar-refractivity contribution in [2.24, 2.45) is 0 Å². The van der Waals surface area contributed by atoms with E-state index < -0.39 is 5.51 Å². The molecule has 0 saturated carbocycles. The molecule has 0 radical (unpaired) electrons. The highest BCUT2D eigenvalue weighted by Crippen LogP contribution is 2.29. The van der Waals surface area contributed by atoms with Gasteiger partial charge in [0.05, 0.1) is 6.61 Å². The zero-order valence-corrected chi connectivity index (χ0v) is 9.95. The van der Waals surface area contributed by atoms with Crippen LogP contribution in [0.2, 0.25) is 0 Å². The third-order valence-electron chi connectivity index (χ3n) is 1.41. The van der Waals surface area contributed by atoms with Crippen molar-refractivity contribution in [1.82, 2.24) is 0 Å². The van der Waals surface area contributed by atoms with Gasteiger partial charge in [-0.1, -0.05) is 22.0 Å². The maximum Gasteiger partial charge on any atom is 0.441 e. The Morgan fingerprint density at radius 1 is 1.33 bits per heavy atom. The molecule has 0 aliphatic rings. The fourth-order valence-corrected chi connectivity index (χ4v) is 1.65. The SMILES string of the molecule is FC(F)(F)SCCOc1cccc(Br)c1. The number of hydrogen-bond acceptors (Lipinski definition) is 2. The molecule has 0 fully saturated rings. The lowest BCUT2D eigenvalue weighted by atomic mass is 10.3. The van der Waals surface area contributed by atoms with E-state index in [4.69, 9.17) is 4.74 Å². The van der Waals surface area contributed by atoms with E-state index in [1.54, 1.807) is 18.2 Å². The van der Waals surface area contributed by atoms with Gasteiger partial charge in [0.15, 0.2) is 0 Å². The first-order valence-corrected chi connectivity index (χ1v) is 5.84. The first-order chi connectivity index (χ1) is 6.97. The van der Waals surface area contributed by atoms with Gasteiger partial charge in [0.1, 0.15) is 5.75 Å². The monoisotopic (exact) mass is 300 g/mol. The number of hydrogen-bond donors (Lipinski definition) is 0. The first kappa shape index (κ1) is 12.7. The molecule has 15 heavy (non-hydrogen) atoms. The van der Waals surface area contributed by atoms with Gasteiger partial charge >= 0.3 is 5.51 Å². The van der Waals surface area contributed by atoms with Crippen molar-refractivity contribution in [3.8, 4) is 5.75 Å². The average molecular weight is 301 g/mol. The fourth-order valence-electron chi connectivity index (χ4n) is 0.874. The van der Waals surface area contributed by atoms with Crippen molar-refractivity contribution >= 4 is 27.7 Å². The van der Waals surface area contributed by atoms with Crippen LogP contribution in [0, 0.1) is 0 Å². The summed E-state index contributed by atoms with van der Waals surface area (Å²) in [6, 6.07) is 6.98. The van der Waals surface area contributed by atoms with Gasteiger partial charge in [0, 0.05) is 10.2 Å². The van der Waals surface area contributed by atoms with E-state index in [-0.39, 0.29) is 24.1 Å². The minimum absolute atomic E-state index is 0.0423. The summed E-state index contributed by atoms with van der Waals surface area (Å²) in [6.45, 7) is 0.0423. The minimum atomic E-state index is -4.18. The summed E-state index contributed by atoms with van der Waals surface area (Å²) in [5, 5.41) is 0. The Labute approximate surface area is 98.1 Å². The first-order valence-electron chi connectivity index (χ1n) is 4.06. The molecule has 0 N–H and O–H groups in total. The highest BCUT2D eigenvalue weighted by molar-refractivity contribution is 9.10. The number of ether oxygens (including phenoxy) is 1. The van der Waals surface area contributed by atoms with Crippen LogP contribution in [-0.2, 0) is 0 Å². The van der Waals surface area contributed by atoms with Gasteiger partial charge in [-0.2, -0.15) is 13.2 Å². The van der Waals surface area contributed by atoms with E-state index in [1.165, 1.54) is 0 Å². The number of benzene rings is 1. The van der Waals surface area contributed by atoms with E-state index in [0.717, 1.165) is 4.47 Å². The second-order valence-electron chi connectivity index (χ2n) is 2.60. The van der Waals surface area contributed by atoms with Crippen LogP contribution in [0.3, 0.4) is 0 Å². The van der Waals surface area contributed by atoms with Crippen LogP contribution in [-0.4, -0.2) is 17.9 Å². The molecule has 6 heteroatoms. The number of rotatable bonds is 4. The van der Waals surface area contributed by atoms with Gasteiger partial charge in [-0.25, -0.2) is 0 Å². The molecule has 1 aromatic rings. The molecule has 0 heterocycles. The molecular weight excluding hydrogens is 293 g/mol. The molecule has 84 valence electrons. The molecule has 0 aromatic heterocycles. The van der Waals surface area contributed by atoms with Crippen molar-refractivity contribution < 1.29 is 17.9 Å². The minimum Gasteiger partial charge on any atom is -0.493 e. The van der Waals surface area contributed by atoms with Crippen LogP contribution < -0.4 is 4.74 Å². The van der Waals surface area contributed by atoms with Crippen LogP contribution in [0.25, 0.3) is 0 Å². The molecule has 1 nitrogen and oxygen atoms in total. The highest BCUT2D eigenvalue weighted by Gasteiger charge is 2.27. The van der Waals surface area contributed by atoms with Crippen molar-refractivity contribution in [3.63, 3.8) is 0 Å². The van der Waals surface area contributed by atoms with E-state index in [9.17, 15) is 13.2 Å². The normalized spacial score (nSPS) is 11.5. The van der Waals surface area contributed by atoms with Crippen LogP contribution in [0.1, 0.15) is 0 Å². The molecule has 0 bridgehead atoms. The zero-order valence-electron chi connectivity index (χ0n) is 7.55. The topological polar surface area (TPSA) is 9.23 Å². The second-order valence-corrected chi connectivity index (χ2v) is 4.68. The van der Waals surface area contributed by atoms with Gasteiger partial charge in [0.2, 0.25) is 0 Å². The predicted octanol–water partition coefficient (Wildman–Crippen LogP) is 4.08. The molecular formula is C9H8BrF3OS. The van der Waals surface area contributed by atoms with Crippen LogP contribution in [0.4, 0.5) is 13.2 Å². The summed E-state index contributed by atoms with van der Waals surface area (Å²) in [6.07, 6.45) is 0. The van der Waals surface area contributed by atoms with Crippen LogP contribution in [0.15, 0.2) is 28.7 Å². The van der Waals surface area contributed by atoms with Gasteiger partial charge < -0.3 is 4.74 Å². The number of halogens is 4. The third-order valence-corrected chi connectivity index (χ3v) is 2.61. The summed E-state index contributed by atoms with van der Waals surface area (Å²) in [7, 11) is 0. The predicted molar refractivity (Wildman–Crippen MR) is 58.2 cm³/mol. The van der Waals surface area contributed by atoms with Gasteiger partial charge in [0.25, 0.3) is 0 Å². The van der Waals surface area contributed by atoms with E-state index in [2.05, 4.69) is 15.9 Å². The maximum absolute atomic E-state index is 11.7. The van der Waals surface area contributed by atoms with Crippen LogP contribution >= 0.6 is 27.7 Å². The Bertz CT molecular complexity index is 316. The summed E-state index contributed by atoms with van der Waals surface area (Å²) < 4.78 is 41.2. The number of thioether (sulfide) groups is 1. The summed E-state index contributed by atoms with van der Waals surface area (Å²) in [5.74, 6) is 0.461. The highest BCUT2D eigenvalue weighted by atomic mass is 79.9. The Morgan fingerprint density at radius 3 is 2.67 bits per heavy atom. The molecule has 0 aliphatic heterocycles. The molecule has 0 unspecified atom stereocenters. The summed E-state index contributed by atoms with van der Waals surface area (Å²) >= 11 is 3.16. The van der Waals surface area contributed by atoms with Crippen molar-refractivity contribution in [2.75, 3.05) is 12.4 Å². The van der Waals surface area contributed by atoms with E-state index in [0.29, 0.717) is 5.75 Å². The zero-order chi connectivity index (χ0) is 11.3. The quantitative estimate of drug-likeness (QED) is 0.775. The molecule has 0 spiro atoms. The van der Waals surface area contributed by atoms with E-state index in [1.807, 2.05) is 6.07 Å². The lowest BCUT2D eigenvalue weighted by Crippen LogP contribution is -2.07. The summed E-state index contributed by atoms with van der Waals surface area (Å²) in [5.41, 5.74) is -4.18. The molecule has 1 aromatic carbocycles. The molecule has 0 amide bonds. The number of alkyl halides is 3. The third kappa shape index (κ3) is 5.94. The Hall–Kier alpha value is -0.360. The average Bonchev–Trinajstić information content (AvgIpc) is 2.11. The lowest BCUT2D eigenvalue weighted by Gasteiger charge is -2.07. The molecule has 0 atom stereocenters. The Morgan fingerprint density at radius 2 is 2.07 bits per heavy atom. The Kier molecular flexibility index (Phi) is 4.79. The smallest absolute Gasteiger partial charge is 0.441 e.